The van der Waals surface area contributed by atoms with Crippen molar-refractivity contribution in [2.75, 3.05) is 0 Å². The fourth-order valence-corrected chi connectivity index (χ4v) is 9.18. The van der Waals surface area contributed by atoms with E-state index in [1.807, 2.05) is 0 Å². The molecule has 1 aliphatic rings. The maximum absolute atomic E-state index is 2.64. The lowest BCUT2D eigenvalue weighted by Crippen LogP contribution is -2.36. The molecule has 0 amide bonds. The number of hydrogen-bond acceptors (Lipinski definition) is 0. The van der Waals surface area contributed by atoms with Crippen LogP contribution in [0.4, 0.5) is 0 Å². The van der Waals surface area contributed by atoms with E-state index in [4.69, 9.17) is 0 Å². The van der Waals surface area contributed by atoms with Crippen LogP contribution in [0.15, 0.2) is 127 Å². The first-order valence-electron chi connectivity index (χ1n) is 21.5. The molecule has 58 heavy (non-hydrogen) atoms. The van der Waals surface area contributed by atoms with E-state index in [2.05, 4.69) is 223 Å². The van der Waals surface area contributed by atoms with Crippen LogP contribution in [0.1, 0.15) is 106 Å². The summed E-state index contributed by atoms with van der Waals surface area (Å²) >= 11 is 0. The van der Waals surface area contributed by atoms with Gasteiger partial charge in [-0.25, -0.2) is 0 Å². The monoisotopic (exact) mass is 758 g/mol. The Balaban J connectivity index is 1.73. The molecule has 1 atom stereocenters. The quantitative estimate of drug-likeness (QED) is 0.157. The molecule has 0 heteroatoms. The highest BCUT2D eigenvalue weighted by Crippen LogP contribution is 2.50. The van der Waals surface area contributed by atoms with Gasteiger partial charge in [-0.1, -0.05) is 217 Å². The SMILES string of the molecule is CC(C)(C)c1ccc(-c2c3c(c(-c4ccccc4)c4c(-c5ccc(C(C)(C)C)cc5)c5ccc(C(C)(C)C)cc5c(-c5ccccc5)c24)=CC(C(C)(C)C)CC=3)cc1. The summed E-state index contributed by atoms with van der Waals surface area (Å²) in [4.78, 5) is 0. The highest BCUT2D eigenvalue weighted by Gasteiger charge is 2.30. The van der Waals surface area contributed by atoms with Crippen LogP contribution in [0.3, 0.4) is 0 Å². The molecule has 8 rings (SSSR count). The molecule has 7 aromatic rings. The molecule has 0 nitrogen and oxygen atoms in total. The van der Waals surface area contributed by atoms with Crippen LogP contribution in [0.2, 0.25) is 0 Å². The van der Waals surface area contributed by atoms with Crippen LogP contribution >= 0.6 is 0 Å². The summed E-state index contributed by atoms with van der Waals surface area (Å²) in [5.74, 6) is 0.397. The van der Waals surface area contributed by atoms with Crippen LogP contribution in [0, 0.1) is 11.3 Å². The molecule has 0 fully saturated rings. The van der Waals surface area contributed by atoms with Gasteiger partial charge in [0.25, 0.3) is 0 Å². The van der Waals surface area contributed by atoms with Crippen LogP contribution in [0.5, 0.6) is 0 Å². The van der Waals surface area contributed by atoms with Gasteiger partial charge in [-0.15, -0.1) is 0 Å². The zero-order chi connectivity index (χ0) is 41.4. The smallest absolute Gasteiger partial charge is 0.000151 e. The Morgan fingerprint density at radius 1 is 0.379 bits per heavy atom. The van der Waals surface area contributed by atoms with Crippen molar-refractivity contribution < 1.29 is 0 Å². The fourth-order valence-electron chi connectivity index (χ4n) is 9.18. The first kappa shape index (κ1) is 39.6. The molecule has 0 heterocycles. The molecule has 0 spiro atoms. The average Bonchev–Trinajstić information content (AvgIpc) is 3.18. The minimum atomic E-state index is -0.0208. The van der Waals surface area contributed by atoms with Crippen molar-refractivity contribution in [2.24, 2.45) is 11.3 Å². The van der Waals surface area contributed by atoms with E-state index in [1.165, 1.54) is 93.2 Å². The van der Waals surface area contributed by atoms with Crippen LogP contribution < -0.4 is 10.4 Å². The van der Waals surface area contributed by atoms with E-state index in [0.29, 0.717) is 5.92 Å². The standard InChI is InChI=1S/C58H62/c1-55(2,3)41-27-23-39(24-28-41)49-45-33-31-43(57(7,8)9)35-47(45)52(38-21-17-14-18-22-38)54-50(40-25-29-42(30-26-40)56(4,5)6)46-34-32-44(58(10,11)12)36-48(46)51(53(49)54)37-19-15-13-16-20-37/h13-31,33-36,44H,32H2,1-12H3. The van der Waals surface area contributed by atoms with E-state index >= 15 is 0 Å². The van der Waals surface area contributed by atoms with Gasteiger partial charge in [0.05, 0.1) is 0 Å². The predicted molar refractivity (Wildman–Crippen MR) is 255 cm³/mol. The van der Waals surface area contributed by atoms with Crippen molar-refractivity contribution in [3.8, 4) is 44.5 Å². The summed E-state index contributed by atoms with van der Waals surface area (Å²) < 4.78 is 0. The molecular weight excluding hydrogens is 697 g/mol. The summed E-state index contributed by atoms with van der Waals surface area (Å²) in [6.07, 6.45) is 6.24. The largest absolute Gasteiger partial charge is 0.0754 e. The maximum Gasteiger partial charge on any atom is -0.000151 e. The Kier molecular flexibility index (Phi) is 9.74. The molecule has 0 aliphatic heterocycles. The van der Waals surface area contributed by atoms with Crippen LogP contribution in [0.25, 0.3) is 78.2 Å². The van der Waals surface area contributed by atoms with Gasteiger partial charge in [-0.05, 0) is 133 Å². The molecule has 0 saturated carbocycles. The van der Waals surface area contributed by atoms with Gasteiger partial charge < -0.3 is 0 Å². The van der Waals surface area contributed by atoms with Gasteiger partial charge in [-0.3, -0.25) is 0 Å². The Morgan fingerprint density at radius 3 is 1.24 bits per heavy atom. The molecule has 1 aliphatic carbocycles. The van der Waals surface area contributed by atoms with E-state index in [9.17, 15) is 0 Å². The van der Waals surface area contributed by atoms with Gasteiger partial charge in [0, 0.05) is 0 Å². The molecule has 7 aromatic carbocycles. The number of rotatable bonds is 4. The van der Waals surface area contributed by atoms with Crippen molar-refractivity contribution in [1.82, 2.24) is 0 Å². The third-order valence-corrected chi connectivity index (χ3v) is 12.8. The second kappa shape index (κ2) is 14.3. The minimum Gasteiger partial charge on any atom is -0.0754 e. The van der Waals surface area contributed by atoms with Crippen molar-refractivity contribution in [1.29, 1.82) is 0 Å². The van der Waals surface area contributed by atoms with Gasteiger partial charge in [0.1, 0.15) is 0 Å². The van der Waals surface area contributed by atoms with Crippen molar-refractivity contribution >= 4 is 33.7 Å². The summed E-state index contributed by atoms with van der Waals surface area (Å²) in [6.45, 7) is 28.1. The van der Waals surface area contributed by atoms with E-state index in [1.54, 1.807) is 0 Å². The van der Waals surface area contributed by atoms with Crippen molar-refractivity contribution in [3.05, 3.63) is 155 Å². The molecule has 0 bridgehead atoms. The Morgan fingerprint density at radius 2 is 0.776 bits per heavy atom. The van der Waals surface area contributed by atoms with Crippen LogP contribution in [-0.4, -0.2) is 0 Å². The number of fused-ring (bicyclic) bond motifs is 3. The molecule has 0 saturated heterocycles. The van der Waals surface area contributed by atoms with E-state index in [-0.39, 0.29) is 21.7 Å². The first-order valence-corrected chi connectivity index (χ1v) is 21.5. The van der Waals surface area contributed by atoms with Crippen LogP contribution in [-0.2, 0) is 16.2 Å². The van der Waals surface area contributed by atoms with Crippen molar-refractivity contribution in [3.63, 3.8) is 0 Å². The van der Waals surface area contributed by atoms with E-state index in [0.717, 1.165) is 6.42 Å². The van der Waals surface area contributed by atoms with Gasteiger partial charge in [0.2, 0.25) is 0 Å². The third-order valence-electron chi connectivity index (χ3n) is 12.8. The molecular formula is C58H62. The number of hydrogen-bond donors (Lipinski definition) is 0. The lowest BCUT2D eigenvalue weighted by Gasteiger charge is -2.31. The third kappa shape index (κ3) is 7.14. The minimum absolute atomic E-state index is 0.0208. The topological polar surface area (TPSA) is 0 Å². The molecule has 0 radical (unpaired) electrons. The Bertz CT molecular complexity index is 2770. The second-order valence-electron chi connectivity index (χ2n) is 21.1. The Hall–Kier alpha value is -5.20. The highest BCUT2D eigenvalue weighted by molar-refractivity contribution is 6.28. The molecule has 0 N–H and O–H groups in total. The number of benzene rings is 7. The fraction of sp³-hybridized carbons (Fsp3) is 0.310. The predicted octanol–water partition coefficient (Wildman–Crippen LogP) is 15.2. The normalized spacial score (nSPS) is 14.9. The lowest BCUT2D eigenvalue weighted by atomic mass is 9.73. The second-order valence-corrected chi connectivity index (χ2v) is 21.1. The van der Waals surface area contributed by atoms with Gasteiger partial charge in [0.15, 0.2) is 0 Å². The zero-order valence-corrected chi connectivity index (χ0v) is 37.1. The molecule has 0 aromatic heterocycles. The maximum atomic E-state index is 2.64. The summed E-state index contributed by atoms with van der Waals surface area (Å²) in [5, 5.41) is 7.98. The highest BCUT2D eigenvalue weighted by atomic mass is 14.3. The average molecular weight is 759 g/mol. The van der Waals surface area contributed by atoms with Gasteiger partial charge >= 0.3 is 0 Å². The summed E-state index contributed by atoms with van der Waals surface area (Å²) in [6, 6.07) is 48.9. The Labute approximate surface area is 348 Å². The summed E-state index contributed by atoms with van der Waals surface area (Å²) in [7, 11) is 0. The van der Waals surface area contributed by atoms with Crippen molar-refractivity contribution in [2.45, 2.75) is 106 Å². The lowest BCUT2D eigenvalue weighted by molar-refractivity contribution is 0.314. The first-order chi connectivity index (χ1) is 27.3. The summed E-state index contributed by atoms with van der Waals surface area (Å²) in [5.41, 5.74) is 14.6. The zero-order valence-electron chi connectivity index (χ0n) is 37.1. The molecule has 294 valence electrons. The molecule has 1 unspecified atom stereocenters. The van der Waals surface area contributed by atoms with E-state index < -0.39 is 0 Å². The van der Waals surface area contributed by atoms with Gasteiger partial charge in [-0.2, -0.15) is 0 Å².